The molecule has 0 fully saturated rings. The average Bonchev–Trinajstić information content (AvgIpc) is 3.50. The van der Waals surface area contributed by atoms with Crippen LogP contribution in [0.2, 0.25) is 0 Å². The number of fused-ring (bicyclic) bond motifs is 2. The lowest BCUT2D eigenvalue weighted by molar-refractivity contribution is 1.07. The van der Waals surface area contributed by atoms with Crippen molar-refractivity contribution in [2.75, 3.05) is 0 Å². The predicted octanol–water partition coefficient (Wildman–Crippen LogP) is 12.6. The molecule has 0 bridgehead atoms. The van der Waals surface area contributed by atoms with Crippen LogP contribution in [-0.4, -0.2) is 19.5 Å². The van der Waals surface area contributed by atoms with Crippen LogP contribution in [0.1, 0.15) is 0 Å². The summed E-state index contributed by atoms with van der Waals surface area (Å²) in [6.07, 6.45) is 0. The Hall–Kier alpha value is -7.17. The third kappa shape index (κ3) is 3.98. The van der Waals surface area contributed by atoms with E-state index in [0.29, 0.717) is 17.5 Å². The molecule has 53 heavy (non-hydrogen) atoms. The summed E-state index contributed by atoms with van der Waals surface area (Å²) in [5.41, 5.74) is 8.79. The first-order valence-corrected chi connectivity index (χ1v) is 18.0. The molecule has 11 aromatic rings. The molecule has 0 radical (unpaired) electrons. The number of hydrogen-bond donors (Lipinski definition) is 0. The quantitative estimate of drug-likeness (QED) is 0.175. The molecule has 0 amide bonds. The Morgan fingerprint density at radius 2 is 0.792 bits per heavy atom. The summed E-state index contributed by atoms with van der Waals surface area (Å²) in [7, 11) is 0. The zero-order valence-electron chi connectivity index (χ0n) is 28.5. The van der Waals surface area contributed by atoms with Crippen LogP contribution >= 0.6 is 0 Å². The molecular weight excluding hydrogens is 645 g/mol. The third-order valence-corrected chi connectivity index (χ3v) is 11.1. The number of rotatable bonds is 4. The third-order valence-electron chi connectivity index (χ3n) is 11.1. The van der Waals surface area contributed by atoms with Crippen LogP contribution < -0.4 is 0 Å². The number of hydrogen-bond acceptors (Lipinski definition) is 3. The molecule has 244 valence electrons. The number of aromatic nitrogens is 4. The molecule has 0 aliphatic heterocycles. The Bertz CT molecular complexity index is 3270. The highest BCUT2D eigenvalue weighted by Crippen LogP contribution is 2.50. The lowest BCUT2D eigenvalue weighted by atomic mass is 9.93. The molecule has 0 saturated heterocycles. The minimum absolute atomic E-state index is 0.640. The fourth-order valence-corrected chi connectivity index (χ4v) is 8.87. The van der Waals surface area contributed by atoms with E-state index in [9.17, 15) is 0 Å². The standard InChI is InChI=1S/C49H28N4/c1-3-12-33(13-4-1)47-50-48(34-14-5-2-6-15-34)52-49(51-47)44-35-18-8-7-11-29(35)23-26-38(44)53-39-27-24-31-17-10-20-37-36-19-9-16-30-21-22-32-25-28-40(53)46(43(32)41(30)36)45(39)42(31)37/h1-28H. The number of nitrogens with zero attached hydrogens (tertiary/aromatic N) is 4. The van der Waals surface area contributed by atoms with Gasteiger partial charge in [-0.15, -0.1) is 0 Å². The lowest BCUT2D eigenvalue weighted by Gasteiger charge is -2.18. The van der Waals surface area contributed by atoms with E-state index < -0.39 is 0 Å². The van der Waals surface area contributed by atoms with E-state index >= 15 is 0 Å². The van der Waals surface area contributed by atoms with Gasteiger partial charge in [0.2, 0.25) is 0 Å². The van der Waals surface area contributed by atoms with Gasteiger partial charge < -0.3 is 4.57 Å². The zero-order valence-corrected chi connectivity index (χ0v) is 28.5. The van der Waals surface area contributed by atoms with Crippen molar-refractivity contribution in [1.29, 1.82) is 0 Å². The largest absolute Gasteiger partial charge is 0.308 e. The fraction of sp³-hybridized carbons (Fsp3) is 0. The van der Waals surface area contributed by atoms with Crippen LogP contribution in [0.3, 0.4) is 0 Å². The van der Waals surface area contributed by atoms with Gasteiger partial charge in [-0.2, -0.15) is 0 Å². The molecule has 0 spiro atoms. The van der Waals surface area contributed by atoms with Crippen molar-refractivity contribution >= 4 is 64.9 Å². The highest BCUT2D eigenvalue weighted by molar-refractivity contribution is 6.38. The van der Waals surface area contributed by atoms with Gasteiger partial charge in [-0.05, 0) is 67.0 Å². The second-order valence-corrected chi connectivity index (χ2v) is 13.9. The van der Waals surface area contributed by atoms with Gasteiger partial charge in [0.15, 0.2) is 17.5 Å². The van der Waals surface area contributed by atoms with Crippen molar-refractivity contribution < 1.29 is 0 Å². The van der Waals surface area contributed by atoms with E-state index in [1.54, 1.807) is 0 Å². The molecule has 0 N–H and O–H groups in total. The highest BCUT2D eigenvalue weighted by Gasteiger charge is 2.26. The van der Waals surface area contributed by atoms with Crippen molar-refractivity contribution in [1.82, 2.24) is 19.5 Å². The summed E-state index contributed by atoms with van der Waals surface area (Å²) in [6, 6.07) is 60.7. The molecule has 1 aliphatic rings. The van der Waals surface area contributed by atoms with Crippen molar-refractivity contribution in [2.45, 2.75) is 0 Å². The van der Waals surface area contributed by atoms with Crippen LogP contribution in [-0.2, 0) is 0 Å². The first-order valence-electron chi connectivity index (χ1n) is 18.0. The molecule has 0 unspecified atom stereocenters. The summed E-state index contributed by atoms with van der Waals surface area (Å²) in [5, 5.41) is 12.5. The Morgan fingerprint density at radius 3 is 1.43 bits per heavy atom. The molecule has 12 rings (SSSR count). The van der Waals surface area contributed by atoms with Gasteiger partial charge in [0.25, 0.3) is 0 Å². The summed E-state index contributed by atoms with van der Waals surface area (Å²) in [6.45, 7) is 0. The van der Waals surface area contributed by atoms with Crippen molar-refractivity contribution in [2.24, 2.45) is 0 Å². The van der Waals surface area contributed by atoms with Gasteiger partial charge in [-0.25, -0.2) is 15.0 Å². The van der Waals surface area contributed by atoms with Crippen LogP contribution in [0.5, 0.6) is 0 Å². The molecule has 0 atom stereocenters. The van der Waals surface area contributed by atoms with E-state index in [-0.39, 0.29) is 0 Å². The van der Waals surface area contributed by atoms with Crippen LogP contribution in [0, 0.1) is 0 Å². The first-order chi connectivity index (χ1) is 26.3. The Morgan fingerprint density at radius 1 is 0.321 bits per heavy atom. The van der Waals surface area contributed by atoms with E-state index in [0.717, 1.165) is 44.2 Å². The maximum Gasteiger partial charge on any atom is 0.166 e. The maximum atomic E-state index is 5.29. The van der Waals surface area contributed by atoms with E-state index in [1.807, 2.05) is 36.4 Å². The normalized spacial score (nSPS) is 12.2. The summed E-state index contributed by atoms with van der Waals surface area (Å²) < 4.78 is 2.46. The topological polar surface area (TPSA) is 43.6 Å². The fourth-order valence-electron chi connectivity index (χ4n) is 8.87. The minimum Gasteiger partial charge on any atom is -0.308 e. The van der Waals surface area contributed by atoms with E-state index in [4.69, 9.17) is 15.0 Å². The number of benzene rings is 9. The first kappa shape index (κ1) is 28.5. The highest BCUT2D eigenvalue weighted by atomic mass is 15.1. The van der Waals surface area contributed by atoms with Gasteiger partial charge in [-0.1, -0.05) is 152 Å². The minimum atomic E-state index is 0.640. The van der Waals surface area contributed by atoms with Gasteiger partial charge in [0, 0.05) is 27.3 Å². The Kier molecular flexibility index (Phi) is 5.74. The molecule has 1 aliphatic carbocycles. The predicted molar refractivity (Wildman–Crippen MR) is 219 cm³/mol. The molecular formula is C49H28N4. The Labute approximate surface area is 304 Å². The summed E-state index contributed by atoms with van der Waals surface area (Å²) in [4.78, 5) is 15.6. The van der Waals surface area contributed by atoms with Gasteiger partial charge >= 0.3 is 0 Å². The van der Waals surface area contributed by atoms with Crippen LogP contribution in [0.15, 0.2) is 170 Å². The molecule has 2 heterocycles. The van der Waals surface area contributed by atoms with E-state index in [2.05, 4.69) is 138 Å². The van der Waals surface area contributed by atoms with Crippen LogP contribution in [0.25, 0.3) is 116 Å². The second-order valence-electron chi connectivity index (χ2n) is 13.9. The molecule has 0 saturated carbocycles. The zero-order chi connectivity index (χ0) is 34.6. The summed E-state index contributed by atoms with van der Waals surface area (Å²) >= 11 is 0. The molecule has 4 nitrogen and oxygen atoms in total. The van der Waals surface area contributed by atoms with E-state index in [1.165, 1.54) is 54.2 Å². The van der Waals surface area contributed by atoms with Crippen molar-refractivity contribution in [3.63, 3.8) is 0 Å². The smallest absolute Gasteiger partial charge is 0.166 e. The Balaban J connectivity index is 1.27. The average molecular weight is 673 g/mol. The molecule has 9 aromatic carbocycles. The second kappa shape index (κ2) is 10.7. The van der Waals surface area contributed by atoms with Crippen molar-refractivity contribution in [3.05, 3.63) is 170 Å². The molecule has 2 aromatic heterocycles. The van der Waals surface area contributed by atoms with Crippen molar-refractivity contribution in [3.8, 4) is 51.0 Å². The van der Waals surface area contributed by atoms with Gasteiger partial charge in [-0.3, -0.25) is 0 Å². The monoisotopic (exact) mass is 672 g/mol. The summed E-state index contributed by atoms with van der Waals surface area (Å²) in [5.74, 6) is 1.93. The maximum absolute atomic E-state index is 5.29. The molecule has 4 heteroatoms. The SMILES string of the molecule is c1ccc(-c2nc(-c3ccccc3)nc(-c3c(-n4c5ccc6cccc7c6c5c5c6c(ccc8cccc-7c86)ccc54)ccc4ccccc34)n2)cc1. The van der Waals surface area contributed by atoms with Crippen LogP contribution in [0.4, 0.5) is 0 Å². The lowest BCUT2D eigenvalue weighted by Crippen LogP contribution is -2.04. The van der Waals surface area contributed by atoms with Gasteiger partial charge in [0.1, 0.15) is 0 Å². The van der Waals surface area contributed by atoms with Gasteiger partial charge in [0.05, 0.1) is 22.3 Å².